The highest BCUT2D eigenvalue weighted by atomic mass is 16.2. The normalized spacial score (nSPS) is 13.5. The molecule has 3 aromatic carbocycles. The molecule has 0 aliphatic carbocycles. The predicted octanol–water partition coefficient (Wildman–Crippen LogP) is 3.83. The first-order chi connectivity index (χ1) is 15.5. The van der Waals surface area contributed by atoms with E-state index in [1.54, 1.807) is 48.3 Å². The first-order valence-electron chi connectivity index (χ1n) is 10.0. The summed E-state index contributed by atoms with van der Waals surface area (Å²) in [6.45, 7) is 0. The van der Waals surface area contributed by atoms with E-state index < -0.39 is 0 Å². The van der Waals surface area contributed by atoms with Crippen LogP contribution in [0.4, 0.5) is 22.7 Å². The molecule has 32 heavy (non-hydrogen) atoms. The van der Waals surface area contributed by atoms with E-state index in [0.717, 1.165) is 10.8 Å². The molecule has 1 aromatic heterocycles. The van der Waals surface area contributed by atoms with Crippen molar-refractivity contribution < 1.29 is 14.4 Å². The van der Waals surface area contributed by atoms with Gasteiger partial charge in [-0.05, 0) is 35.7 Å². The molecule has 8 heteroatoms. The van der Waals surface area contributed by atoms with Crippen LogP contribution < -0.4 is 15.5 Å². The minimum Gasteiger partial charge on any atom is -0.330 e. The quantitative estimate of drug-likeness (QED) is 0.488. The predicted molar refractivity (Wildman–Crippen MR) is 122 cm³/mol. The molecule has 2 heterocycles. The van der Waals surface area contributed by atoms with Crippen molar-refractivity contribution in [3.63, 3.8) is 0 Å². The summed E-state index contributed by atoms with van der Waals surface area (Å²) >= 11 is 0. The second kappa shape index (κ2) is 7.66. The summed E-state index contributed by atoms with van der Waals surface area (Å²) in [4.78, 5) is 43.3. The zero-order valence-electron chi connectivity index (χ0n) is 17.2. The SMILES string of the molecule is Cn1ccnc1C(=O)Nc1ccc(N2C(=O)CC(=O)Nc3c2ccc2ccccc32)cc1. The number of rotatable bonds is 3. The molecule has 3 amide bonds. The molecule has 1 aliphatic rings. The monoisotopic (exact) mass is 425 g/mol. The molecule has 158 valence electrons. The first kappa shape index (κ1) is 19.5. The summed E-state index contributed by atoms with van der Waals surface area (Å²) in [6, 6.07) is 18.3. The van der Waals surface area contributed by atoms with E-state index in [4.69, 9.17) is 0 Å². The maximum atomic E-state index is 13.0. The minimum absolute atomic E-state index is 0.263. The van der Waals surface area contributed by atoms with Crippen LogP contribution in [0.5, 0.6) is 0 Å². The molecule has 0 unspecified atom stereocenters. The van der Waals surface area contributed by atoms with Crippen LogP contribution >= 0.6 is 0 Å². The largest absolute Gasteiger partial charge is 0.330 e. The Morgan fingerprint density at radius 3 is 2.56 bits per heavy atom. The summed E-state index contributed by atoms with van der Waals surface area (Å²) in [5.74, 6) is -0.722. The highest BCUT2D eigenvalue weighted by Gasteiger charge is 2.28. The lowest BCUT2D eigenvalue weighted by atomic mass is 10.1. The Kier molecular flexibility index (Phi) is 4.67. The van der Waals surface area contributed by atoms with Gasteiger partial charge in [-0.15, -0.1) is 0 Å². The van der Waals surface area contributed by atoms with E-state index in [0.29, 0.717) is 28.6 Å². The van der Waals surface area contributed by atoms with Crippen molar-refractivity contribution in [2.75, 3.05) is 15.5 Å². The van der Waals surface area contributed by atoms with Crippen molar-refractivity contribution in [2.45, 2.75) is 6.42 Å². The van der Waals surface area contributed by atoms with Gasteiger partial charge in [0.15, 0.2) is 5.82 Å². The van der Waals surface area contributed by atoms with Gasteiger partial charge in [0.1, 0.15) is 6.42 Å². The van der Waals surface area contributed by atoms with E-state index in [1.807, 2.05) is 36.4 Å². The van der Waals surface area contributed by atoms with Gasteiger partial charge in [0, 0.05) is 36.2 Å². The fraction of sp³-hybridized carbons (Fsp3) is 0.0833. The van der Waals surface area contributed by atoms with Gasteiger partial charge in [0.25, 0.3) is 5.91 Å². The van der Waals surface area contributed by atoms with Crippen LogP contribution in [0.3, 0.4) is 0 Å². The van der Waals surface area contributed by atoms with Crippen LogP contribution in [0.15, 0.2) is 73.1 Å². The van der Waals surface area contributed by atoms with Crippen LogP contribution in [0, 0.1) is 0 Å². The topological polar surface area (TPSA) is 96.3 Å². The van der Waals surface area contributed by atoms with Gasteiger partial charge in [-0.25, -0.2) is 4.98 Å². The molecule has 2 N–H and O–H groups in total. The summed E-state index contributed by atoms with van der Waals surface area (Å²) in [5, 5.41) is 7.51. The number of anilines is 4. The first-order valence-corrected chi connectivity index (χ1v) is 10.0. The van der Waals surface area contributed by atoms with Gasteiger partial charge in [-0.1, -0.05) is 30.3 Å². The molecule has 5 rings (SSSR count). The summed E-state index contributed by atoms with van der Waals surface area (Å²) < 4.78 is 1.63. The molecule has 0 saturated heterocycles. The molecule has 0 radical (unpaired) electrons. The Hall–Kier alpha value is -4.46. The maximum absolute atomic E-state index is 13.0. The fourth-order valence-corrected chi connectivity index (χ4v) is 3.86. The summed E-state index contributed by atoms with van der Waals surface area (Å²) in [6.07, 6.45) is 2.99. The number of aryl methyl sites for hydroxylation is 1. The van der Waals surface area contributed by atoms with Gasteiger partial charge in [0.2, 0.25) is 11.8 Å². The number of imidazole rings is 1. The van der Waals surface area contributed by atoms with Gasteiger partial charge in [-0.2, -0.15) is 0 Å². The van der Waals surface area contributed by atoms with Crippen molar-refractivity contribution in [2.24, 2.45) is 7.05 Å². The Morgan fingerprint density at radius 1 is 1.03 bits per heavy atom. The number of nitrogens with zero attached hydrogens (tertiary/aromatic N) is 3. The van der Waals surface area contributed by atoms with E-state index in [2.05, 4.69) is 15.6 Å². The van der Waals surface area contributed by atoms with E-state index >= 15 is 0 Å². The van der Waals surface area contributed by atoms with Crippen LogP contribution in [-0.2, 0) is 16.6 Å². The second-order valence-electron chi connectivity index (χ2n) is 7.50. The van der Waals surface area contributed by atoms with Gasteiger partial charge in [0.05, 0.1) is 11.4 Å². The number of benzene rings is 3. The zero-order valence-corrected chi connectivity index (χ0v) is 17.2. The van der Waals surface area contributed by atoms with Gasteiger partial charge in [-0.3, -0.25) is 19.3 Å². The highest BCUT2D eigenvalue weighted by molar-refractivity contribution is 6.21. The third-order valence-electron chi connectivity index (χ3n) is 5.38. The molecule has 0 bridgehead atoms. The molecule has 0 atom stereocenters. The standard InChI is InChI=1S/C24H19N5O3/c1-28-13-12-25-23(28)24(32)26-16-7-9-17(10-8-16)29-19-11-6-15-4-2-3-5-18(15)22(19)27-20(30)14-21(29)31/h2-13H,14H2,1H3,(H,26,32)(H,27,30). The zero-order chi connectivity index (χ0) is 22.2. The molecule has 4 aromatic rings. The second-order valence-corrected chi connectivity index (χ2v) is 7.50. The van der Waals surface area contributed by atoms with Crippen molar-refractivity contribution in [1.29, 1.82) is 0 Å². The molecule has 1 aliphatic heterocycles. The number of fused-ring (bicyclic) bond motifs is 3. The highest BCUT2D eigenvalue weighted by Crippen LogP contribution is 2.40. The van der Waals surface area contributed by atoms with Crippen molar-refractivity contribution in [3.05, 3.63) is 78.9 Å². The van der Waals surface area contributed by atoms with Crippen molar-refractivity contribution in [1.82, 2.24) is 9.55 Å². The lowest BCUT2D eigenvalue weighted by Crippen LogP contribution is -2.26. The van der Waals surface area contributed by atoms with Crippen molar-refractivity contribution in [3.8, 4) is 0 Å². The van der Waals surface area contributed by atoms with E-state index in [9.17, 15) is 14.4 Å². The lowest BCUT2D eigenvalue weighted by Gasteiger charge is -2.23. The average molecular weight is 425 g/mol. The van der Waals surface area contributed by atoms with Crippen LogP contribution in [-0.4, -0.2) is 27.3 Å². The molecular formula is C24H19N5O3. The number of hydrogen-bond donors (Lipinski definition) is 2. The summed E-state index contributed by atoms with van der Waals surface area (Å²) in [7, 11) is 1.74. The third kappa shape index (κ3) is 3.37. The molecule has 0 fully saturated rings. The number of carbonyl (C=O) groups is 3. The summed E-state index contributed by atoms with van der Waals surface area (Å²) in [5.41, 5.74) is 2.37. The van der Waals surface area contributed by atoms with Crippen molar-refractivity contribution >= 4 is 51.2 Å². The Labute approximate surface area is 183 Å². The van der Waals surface area contributed by atoms with E-state index in [1.165, 1.54) is 4.90 Å². The van der Waals surface area contributed by atoms with Crippen LogP contribution in [0.1, 0.15) is 17.0 Å². The number of nitrogens with one attached hydrogen (secondary N) is 2. The van der Waals surface area contributed by atoms with E-state index in [-0.39, 0.29) is 24.1 Å². The third-order valence-corrected chi connectivity index (χ3v) is 5.38. The van der Waals surface area contributed by atoms with Gasteiger partial charge >= 0.3 is 0 Å². The molecular weight excluding hydrogens is 406 g/mol. The maximum Gasteiger partial charge on any atom is 0.291 e. The number of amides is 3. The minimum atomic E-state index is -0.353. The van der Waals surface area contributed by atoms with Crippen LogP contribution in [0.2, 0.25) is 0 Å². The number of hydrogen-bond acceptors (Lipinski definition) is 4. The number of aromatic nitrogens is 2. The Morgan fingerprint density at radius 2 is 1.81 bits per heavy atom. The Bertz CT molecular complexity index is 1370. The molecule has 8 nitrogen and oxygen atoms in total. The smallest absolute Gasteiger partial charge is 0.291 e. The Balaban J connectivity index is 1.51. The molecule has 0 saturated carbocycles. The lowest BCUT2D eigenvalue weighted by molar-refractivity contribution is -0.124. The molecule has 0 spiro atoms. The van der Waals surface area contributed by atoms with Crippen LogP contribution in [0.25, 0.3) is 10.8 Å². The number of carbonyl (C=O) groups excluding carboxylic acids is 3. The average Bonchev–Trinajstić information content (AvgIpc) is 3.16. The fourth-order valence-electron chi connectivity index (χ4n) is 3.86. The van der Waals surface area contributed by atoms with Gasteiger partial charge < -0.3 is 15.2 Å².